The maximum atomic E-state index is 14.0. The molecule has 6 aromatic rings. The molecule has 10 nitrogen and oxygen atoms in total. The van der Waals surface area contributed by atoms with Crippen molar-refractivity contribution >= 4 is 52.5 Å². The van der Waals surface area contributed by atoms with Gasteiger partial charge >= 0.3 is 7.82 Å². The Balaban J connectivity index is 1.40. The third-order valence-corrected chi connectivity index (χ3v) is 6.63. The molecular formula is C28H22FN6O4P. The van der Waals surface area contributed by atoms with Crippen molar-refractivity contribution < 1.29 is 23.3 Å². The second-order valence-corrected chi connectivity index (χ2v) is 10.1. The minimum absolute atomic E-state index is 0.367. The van der Waals surface area contributed by atoms with E-state index in [-0.39, 0.29) is 5.82 Å². The van der Waals surface area contributed by atoms with Crippen molar-refractivity contribution in [2.24, 2.45) is 0 Å². The van der Waals surface area contributed by atoms with Gasteiger partial charge in [-0.1, -0.05) is 12.1 Å². The van der Waals surface area contributed by atoms with Crippen LogP contribution >= 0.6 is 7.82 Å². The minimum atomic E-state index is -4.77. The summed E-state index contributed by atoms with van der Waals surface area (Å²) in [6, 6.07) is 22.7. The Morgan fingerprint density at radius 2 is 1.65 bits per heavy atom. The van der Waals surface area contributed by atoms with Crippen molar-refractivity contribution in [3.8, 4) is 11.4 Å². The second-order valence-electron chi connectivity index (χ2n) is 8.90. The van der Waals surface area contributed by atoms with Gasteiger partial charge in [-0.15, -0.1) is 0 Å². The maximum absolute atomic E-state index is 14.0. The van der Waals surface area contributed by atoms with Gasteiger partial charge in [-0.2, -0.15) is 0 Å². The van der Waals surface area contributed by atoms with Gasteiger partial charge < -0.3 is 20.4 Å². The fourth-order valence-electron chi connectivity index (χ4n) is 4.41. The summed E-state index contributed by atoms with van der Waals surface area (Å²) in [4.78, 5) is 31.9. The zero-order valence-corrected chi connectivity index (χ0v) is 21.7. The van der Waals surface area contributed by atoms with Gasteiger partial charge in [0.2, 0.25) is 0 Å². The molecule has 0 aliphatic rings. The summed E-state index contributed by atoms with van der Waals surface area (Å²) < 4.78 is 32.0. The number of imidazole rings is 1. The fourth-order valence-corrected chi connectivity index (χ4v) is 4.67. The van der Waals surface area contributed by atoms with Gasteiger partial charge in [-0.3, -0.25) is 19.1 Å². The number of hydrogen-bond donors (Lipinski definition) is 4. The van der Waals surface area contributed by atoms with Gasteiger partial charge in [0, 0.05) is 52.3 Å². The number of nitrogens with one attached hydrogen (secondary N) is 2. The Morgan fingerprint density at radius 1 is 0.850 bits per heavy atom. The smallest absolute Gasteiger partial charge is 0.355 e. The third-order valence-electron chi connectivity index (χ3n) is 6.18. The molecule has 0 saturated carbocycles. The quantitative estimate of drug-likeness (QED) is 0.158. The first-order valence-electron chi connectivity index (χ1n) is 12.1. The van der Waals surface area contributed by atoms with Gasteiger partial charge in [0.1, 0.15) is 18.4 Å². The van der Waals surface area contributed by atoms with Crippen LogP contribution in [0.25, 0.3) is 33.3 Å². The fraction of sp³-hybridized carbons (Fsp3) is 0.0357. The van der Waals surface area contributed by atoms with Crippen LogP contribution in [0.4, 0.5) is 27.1 Å². The molecule has 0 aliphatic carbocycles. The van der Waals surface area contributed by atoms with Crippen LogP contribution in [0.1, 0.15) is 0 Å². The molecule has 40 heavy (non-hydrogen) atoms. The maximum Gasteiger partial charge on any atom is 0.471 e. The SMILES string of the molecule is O=P(O)(O)OCn1c(-c2cccc(Nc3ccnc4ccc(F)cc34)c2)nc2ccc(Nc3ccncc3)cc21. The van der Waals surface area contributed by atoms with Gasteiger partial charge in [0.15, 0.2) is 0 Å². The van der Waals surface area contributed by atoms with Gasteiger partial charge in [-0.25, -0.2) is 13.9 Å². The summed E-state index contributed by atoms with van der Waals surface area (Å²) in [5.41, 5.74) is 5.48. The summed E-state index contributed by atoms with van der Waals surface area (Å²) in [7, 11) is -4.77. The van der Waals surface area contributed by atoms with Crippen molar-refractivity contribution in [1.29, 1.82) is 0 Å². The lowest BCUT2D eigenvalue weighted by Gasteiger charge is -2.13. The molecule has 3 aromatic carbocycles. The molecule has 0 bridgehead atoms. The monoisotopic (exact) mass is 556 g/mol. The number of phosphoric ester groups is 1. The topological polar surface area (TPSA) is 134 Å². The summed E-state index contributed by atoms with van der Waals surface area (Å²) >= 11 is 0. The van der Waals surface area contributed by atoms with Crippen LogP contribution in [0.15, 0.2) is 97.5 Å². The predicted molar refractivity (Wildman–Crippen MR) is 151 cm³/mol. The van der Waals surface area contributed by atoms with E-state index in [0.29, 0.717) is 44.7 Å². The molecule has 3 aromatic heterocycles. The second kappa shape index (κ2) is 10.5. The van der Waals surface area contributed by atoms with Crippen LogP contribution in [0.3, 0.4) is 0 Å². The Kier molecular flexibility index (Phi) is 6.71. The first-order valence-corrected chi connectivity index (χ1v) is 13.6. The van der Waals surface area contributed by atoms with Gasteiger partial charge in [0.25, 0.3) is 0 Å². The standard InChI is InChI=1S/C28H22FN6O4P/c29-19-4-6-24-23(15-19)25(10-13-31-24)33-21-3-1-2-18(14-21)28-34-26-7-5-22(32-20-8-11-30-12-9-20)16-27(26)35(28)17-39-40(36,37)38/h1-16H,17H2,(H,30,32)(H,31,33)(H2,36,37,38). The number of phosphoric acid groups is 1. The van der Waals surface area contributed by atoms with Crippen molar-refractivity contribution in [1.82, 2.24) is 19.5 Å². The lowest BCUT2D eigenvalue weighted by Crippen LogP contribution is -2.04. The van der Waals surface area contributed by atoms with E-state index in [1.807, 2.05) is 54.6 Å². The molecule has 0 fully saturated rings. The molecule has 3 heterocycles. The zero-order chi connectivity index (χ0) is 27.7. The number of aromatic nitrogens is 4. The minimum Gasteiger partial charge on any atom is -0.355 e. The molecule has 0 saturated heterocycles. The molecule has 4 N–H and O–H groups in total. The third kappa shape index (κ3) is 5.54. The number of halogens is 1. The van der Waals surface area contributed by atoms with E-state index in [1.54, 1.807) is 35.3 Å². The average molecular weight is 556 g/mol. The number of pyridine rings is 2. The van der Waals surface area contributed by atoms with Crippen LogP contribution < -0.4 is 10.6 Å². The Hall–Kier alpha value is -4.67. The molecule has 0 unspecified atom stereocenters. The summed E-state index contributed by atoms with van der Waals surface area (Å²) in [6.07, 6.45) is 4.98. The highest BCUT2D eigenvalue weighted by molar-refractivity contribution is 7.46. The molecule has 0 amide bonds. The van der Waals surface area contributed by atoms with Gasteiger partial charge in [0.05, 0.1) is 16.6 Å². The zero-order valence-electron chi connectivity index (χ0n) is 20.8. The number of benzene rings is 3. The van der Waals surface area contributed by atoms with Gasteiger partial charge in [-0.05, 0) is 66.7 Å². The molecule has 0 spiro atoms. The van der Waals surface area contributed by atoms with Crippen molar-refractivity contribution in [3.63, 3.8) is 0 Å². The lowest BCUT2D eigenvalue weighted by atomic mass is 10.1. The largest absolute Gasteiger partial charge is 0.471 e. The predicted octanol–water partition coefficient (Wildman–Crippen LogP) is 6.34. The molecule has 0 radical (unpaired) electrons. The van der Waals surface area contributed by atoms with E-state index in [9.17, 15) is 18.7 Å². The Bertz CT molecular complexity index is 1890. The Labute approximate surface area is 227 Å². The van der Waals surface area contributed by atoms with E-state index < -0.39 is 14.6 Å². The molecule has 12 heteroatoms. The highest BCUT2D eigenvalue weighted by Crippen LogP contribution is 2.38. The van der Waals surface area contributed by atoms with E-state index >= 15 is 0 Å². The van der Waals surface area contributed by atoms with E-state index in [4.69, 9.17) is 9.51 Å². The van der Waals surface area contributed by atoms with Crippen molar-refractivity contribution in [2.75, 3.05) is 10.6 Å². The Morgan fingerprint density at radius 3 is 2.48 bits per heavy atom. The number of nitrogens with zero attached hydrogens (tertiary/aromatic N) is 4. The molecule has 0 atom stereocenters. The highest BCUT2D eigenvalue weighted by Gasteiger charge is 2.19. The van der Waals surface area contributed by atoms with E-state index in [1.165, 1.54) is 12.1 Å². The van der Waals surface area contributed by atoms with Crippen molar-refractivity contribution in [2.45, 2.75) is 6.73 Å². The van der Waals surface area contributed by atoms with Crippen LogP contribution in [0, 0.1) is 5.82 Å². The molecule has 6 rings (SSSR count). The summed E-state index contributed by atoms with van der Waals surface area (Å²) in [5, 5.41) is 7.23. The lowest BCUT2D eigenvalue weighted by molar-refractivity contribution is 0.157. The number of rotatable bonds is 8. The number of anilines is 4. The highest BCUT2D eigenvalue weighted by atomic mass is 31.2. The van der Waals surface area contributed by atoms with Crippen LogP contribution in [-0.2, 0) is 15.8 Å². The summed E-state index contributed by atoms with van der Waals surface area (Å²) in [5.74, 6) is 0.0765. The normalized spacial score (nSPS) is 11.7. The van der Waals surface area contributed by atoms with Crippen molar-refractivity contribution in [3.05, 3.63) is 103 Å². The summed E-state index contributed by atoms with van der Waals surface area (Å²) in [6.45, 7) is -0.430. The van der Waals surface area contributed by atoms with E-state index in [2.05, 4.69) is 20.6 Å². The van der Waals surface area contributed by atoms with Crippen LogP contribution in [0.2, 0.25) is 0 Å². The molecular weight excluding hydrogens is 534 g/mol. The first-order chi connectivity index (χ1) is 19.3. The first kappa shape index (κ1) is 25.6. The number of hydrogen-bond acceptors (Lipinski definition) is 7. The van der Waals surface area contributed by atoms with Crippen LogP contribution in [0.5, 0.6) is 0 Å². The number of fused-ring (bicyclic) bond motifs is 2. The average Bonchev–Trinajstić information content (AvgIpc) is 3.30. The molecule has 0 aliphatic heterocycles. The molecule has 200 valence electrons. The van der Waals surface area contributed by atoms with E-state index in [0.717, 1.165) is 11.4 Å². The van der Waals surface area contributed by atoms with Crippen LogP contribution in [-0.4, -0.2) is 29.3 Å².